The van der Waals surface area contributed by atoms with Gasteiger partial charge < -0.3 is 0 Å². The van der Waals surface area contributed by atoms with E-state index in [0.717, 1.165) is 12.3 Å². The van der Waals surface area contributed by atoms with Crippen LogP contribution in [0.25, 0.3) is 0 Å². The van der Waals surface area contributed by atoms with Crippen molar-refractivity contribution in [1.29, 1.82) is 5.26 Å². The zero-order valence-corrected chi connectivity index (χ0v) is 5.25. The molecule has 0 aromatic carbocycles. The van der Waals surface area contributed by atoms with Crippen LogP contribution >= 0.6 is 0 Å². The van der Waals surface area contributed by atoms with Gasteiger partial charge >= 0.3 is 0 Å². The van der Waals surface area contributed by atoms with Gasteiger partial charge in [-0.15, -0.1) is 0 Å². The van der Waals surface area contributed by atoms with Gasteiger partial charge in [0, 0.05) is 0 Å². The fraction of sp³-hybridized carbons (Fsp3) is 0.625. The van der Waals surface area contributed by atoms with Gasteiger partial charge in [0.2, 0.25) is 0 Å². The first-order valence-electron chi connectivity index (χ1n) is 3.48. The predicted molar refractivity (Wildman–Crippen MR) is 34.5 cm³/mol. The molecule has 46 valence electrons. The van der Waals surface area contributed by atoms with E-state index in [1.54, 1.807) is 0 Å². The van der Waals surface area contributed by atoms with Crippen LogP contribution in [0.5, 0.6) is 0 Å². The lowest BCUT2D eigenvalue weighted by Crippen LogP contribution is -2.02. The number of allylic oxidation sites excluding steroid dienone is 2. The summed E-state index contributed by atoms with van der Waals surface area (Å²) in [7, 11) is 0. The van der Waals surface area contributed by atoms with Crippen molar-refractivity contribution in [2.45, 2.75) is 12.8 Å². The van der Waals surface area contributed by atoms with Crippen LogP contribution in [0.3, 0.4) is 0 Å². The summed E-state index contributed by atoms with van der Waals surface area (Å²) in [6.07, 6.45) is 6.84. The molecule has 3 atom stereocenters. The highest BCUT2D eigenvalue weighted by Gasteiger charge is 2.35. The fourth-order valence-electron chi connectivity index (χ4n) is 1.93. The number of hydrogen-bond donors (Lipinski definition) is 0. The van der Waals surface area contributed by atoms with Crippen LogP contribution in [0.15, 0.2) is 12.2 Å². The Hall–Kier alpha value is -0.770. The highest BCUT2D eigenvalue weighted by atomic mass is 14.4. The molecule has 2 aliphatic carbocycles. The van der Waals surface area contributed by atoms with E-state index in [9.17, 15) is 0 Å². The quantitative estimate of drug-likeness (QED) is 0.445. The van der Waals surface area contributed by atoms with Gasteiger partial charge in [0.25, 0.3) is 0 Å². The van der Waals surface area contributed by atoms with Gasteiger partial charge in [-0.05, 0) is 24.7 Å². The third-order valence-corrected chi connectivity index (χ3v) is 2.44. The first-order chi connectivity index (χ1) is 4.40. The molecular weight excluding hydrogens is 110 g/mol. The lowest BCUT2D eigenvalue weighted by atomic mass is 9.95. The summed E-state index contributed by atoms with van der Waals surface area (Å²) in [6, 6.07) is 2.34. The third-order valence-electron chi connectivity index (χ3n) is 2.44. The van der Waals surface area contributed by atoms with Gasteiger partial charge in [-0.25, -0.2) is 0 Å². The molecule has 2 bridgehead atoms. The Bertz CT molecular complexity index is 187. The predicted octanol–water partition coefficient (Wildman–Crippen LogP) is 1.72. The molecule has 0 aromatic rings. The minimum atomic E-state index is 0.347. The van der Waals surface area contributed by atoms with Gasteiger partial charge in [0.15, 0.2) is 0 Å². The Labute approximate surface area is 55.0 Å². The van der Waals surface area contributed by atoms with Crippen molar-refractivity contribution in [3.05, 3.63) is 12.2 Å². The van der Waals surface area contributed by atoms with Crippen LogP contribution in [0.4, 0.5) is 0 Å². The summed E-state index contributed by atoms with van der Waals surface area (Å²) in [5, 5.41) is 8.60. The number of rotatable bonds is 0. The standard InChI is InChI=1S/C8H9N/c9-5-8-4-6-1-2-7(8)3-6/h1-2,6-8H,3-4H2/t6?,7-,8+/m1/s1. The summed E-state index contributed by atoms with van der Waals surface area (Å²) in [4.78, 5) is 0. The molecule has 1 unspecified atom stereocenters. The number of nitriles is 1. The van der Waals surface area contributed by atoms with E-state index in [4.69, 9.17) is 5.26 Å². The normalized spacial score (nSPS) is 45.4. The zero-order valence-electron chi connectivity index (χ0n) is 5.25. The second-order valence-electron chi connectivity index (χ2n) is 3.02. The van der Waals surface area contributed by atoms with Gasteiger partial charge in [-0.1, -0.05) is 12.2 Å². The Morgan fingerprint density at radius 1 is 1.33 bits per heavy atom. The van der Waals surface area contributed by atoms with Crippen molar-refractivity contribution >= 4 is 0 Å². The molecule has 2 aliphatic rings. The average molecular weight is 119 g/mol. The van der Waals surface area contributed by atoms with Crippen LogP contribution in [0, 0.1) is 29.1 Å². The third kappa shape index (κ3) is 0.595. The largest absolute Gasteiger partial charge is 0.198 e. The lowest BCUT2D eigenvalue weighted by Gasteiger charge is -2.06. The highest BCUT2D eigenvalue weighted by Crippen LogP contribution is 2.42. The minimum absolute atomic E-state index is 0.347. The van der Waals surface area contributed by atoms with Crippen molar-refractivity contribution in [2.75, 3.05) is 0 Å². The van der Waals surface area contributed by atoms with Crippen LogP contribution in [0.2, 0.25) is 0 Å². The maximum atomic E-state index is 8.60. The Kier molecular flexibility index (Phi) is 0.900. The van der Waals surface area contributed by atoms with Gasteiger partial charge in [0.1, 0.15) is 0 Å². The number of fused-ring (bicyclic) bond motifs is 2. The van der Waals surface area contributed by atoms with Gasteiger partial charge in [-0.2, -0.15) is 5.26 Å². The monoisotopic (exact) mass is 119 g/mol. The molecule has 0 saturated heterocycles. The van der Waals surface area contributed by atoms with Gasteiger partial charge in [0.05, 0.1) is 12.0 Å². The van der Waals surface area contributed by atoms with E-state index < -0.39 is 0 Å². The molecule has 0 heterocycles. The second-order valence-corrected chi connectivity index (χ2v) is 3.02. The first kappa shape index (κ1) is 5.05. The molecule has 0 spiro atoms. The molecule has 0 N–H and O–H groups in total. The summed E-state index contributed by atoms with van der Waals surface area (Å²) in [5.74, 6) is 1.71. The lowest BCUT2D eigenvalue weighted by molar-refractivity contribution is 0.563. The van der Waals surface area contributed by atoms with E-state index in [1.807, 2.05) is 0 Å². The summed E-state index contributed by atoms with van der Waals surface area (Å²) in [6.45, 7) is 0. The van der Waals surface area contributed by atoms with Crippen molar-refractivity contribution in [3.8, 4) is 6.07 Å². The second kappa shape index (κ2) is 1.60. The molecule has 0 aromatic heterocycles. The molecule has 1 saturated carbocycles. The molecule has 0 radical (unpaired) electrons. The average Bonchev–Trinajstić information content (AvgIpc) is 2.45. The smallest absolute Gasteiger partial charge is 0.0662 e. The Morgan fingerprint density at radius 3 is 2.56 bits per heavy atom. The topological polar surface area (TPSA) is 23.8 Å². The van der Waals surface area contributed by atoms with Crippen LogP contribution in [-0.2, 0) is 0 Å². The van der Waals surface area contributed by atoms with Crippen LogP contribution < -0.4 is 0 Å². The summed E-state index contributed by atoms with van der Waals surface area (Å²) < 4.78 is 0. The highest BCUT2D eigenvalue weighted by molar-refractivity contribution is 5.14. The summed E-state index contributed by atoms with van der Waals surface area (Å²) >= 11 is 0. The fourth-order valence-corrected chi connectivity index (χ4v) is 1.93. The van der Waals surface area contributed by atoms with Crippen LogP contribution in [-0.4, -0.2) is 0 Å². The molecule has 0 aliphatic heterocycles. The molecule has 2 rings (SSSR count). The Balaban J connectivity index is 2.22. The first-order valence-corrected chi connectivity index (χ1v) is 3.48. The van der Waals surface area contributed by atoms with E-state index in [0.29, 0.717) is 11.8 Å². The number of hydrogen-bond acceptors (Lipinski definition) is 1. The van der Waals surface area contributed by atoms with Gasteiger partial charge in [-0.3, -0.25) is 0 Å². The van der Waals surface area contributed by atoms with E-state index in [2.05, 4.69) is 18.2 Å². The maximum absolute atomic E-state index is 8.60. The SMILES string of the molecule is N#C[C@@H]1CC2C=C[C@@H]1C2. The van der Waals surface area contributed by atoms with Crippen molar-refractivity contribution < 1.29 is 0 Å². The number of nitrogens with zero attached hydrogens (tertiary/aromatic N) is 1. The molecule has 1 nitrogen and oxygen atoms in total. The Morgan fingerprint density at radius 2 is 2.22 bits per heavy atom. The maximum Gasteiger partial charge on any atom is 0.0662 e. The summed E-state index contributed by atoms with van der Waals surface area (Å²) in [5.41, 5.74) is 0. The van der Waals surface area contributed by atoms with Crippen molar-refractivity contribution in [2.24, 2.45) is 17.8 Å². The molecular formula is C8H9N. The van der Waals surface area contributed by atoms with Crippen molar-refractivity contribution in [1.82, 2.24) is 0 Å². The molecule has 1 fully saturated rings. The van der Waals surface area contributed by atoms with E-state index >= 15 is 0 Å². The molecule has 1 heteroatoms. The van der Waals surface area contributed by atoms with Crippen LogP contribution in [0.1, 0.15) is 12.8 Å². The zero-order chi connectivity index (χ0) is 6.27. The minimum Gasteiger partial charge on any atom is -0.198 e. The van der Waals surface area contributed by atoms with E-state index in [-0.39, 0.29) is 0 Å². The molecule has 9 heavy (non-hydrogen) atoms. The van der Waals surface area contributed by atoms with Crippen molar-refractivity contribution in [3.63, 3.8) is 0 Å². The molecule has 0 amide bonds. The van der Waals surface area contributed by atoms with E-state index in [1.165, 1.54) is 6.42 Å².